The summed E-state index contributed by atoms with van der Waals surface area (Å²) in [7, 11) is -2.28. The van der Waals surface area contributed by atoms with Crippen LogP contribution in [0.5, 0.6) is 5.75 Å². The van der Waals surface area contributed by atoms with Crippen molar-refractivity contribution < 1.29 is 13.2 Å². The Morgan fingerprint density at radius 2 is 1.61 bits per heavy atom. The lowest BCUT2D eigenvalue weighted by Gasteiger charge is -2.39. The Hall–Kier alpha value is -2.25. The molecule has 8 heteroatoms. The average Bonchev–Trinajstić information content (AvgIpc) is 2.83. The van der Waals surface area contributed by atoms with Crippen molar-refractivity contribution in [2.75, 3.05) is 24.5 Å². The van der Waals surface area contributed by atoms with E-state index in [1.54, 1.807) is 49.6 Å². The van der Waals surface area contributed by atoms with Crippen molar-refractivity contribution >= 4 is 38.9 Å². The van der Waals surface area contributed by atoms with Gasteiger partial charge in [0.25, 0.3) is 10.0 Å². The number of sulfonamides is 1. The fraction of sp³-hybridized carbons (Fsp3) is 0.280. The monoisotopic (exact) mass is 504 g/mol. The van der Waals surface area contributed by atoms with E-state index in [0.29, 0.717) is 34.3 Å². The van der Waals surface area contributed by atoms with Crippen LogP contribution in [-0.4, -0.2) is 39.6 Å². The largest absolute Gasteiger partial charge is 0.497 e. The molecule has 0 N–H and O–H groups in total. The Morgan fingerprint density at radius 1 is 0.939 bits per heavy atom. The number of hydrogen-bond acceptors (Lipinski definition) is 4. The zero-order chi connectivity index (χ0) is 23.4. The van der Waals surface area contributed by atoms with Gasteiger partial charge < -0.3 is 4.74 Å². The molecular weight excluding hydrogens is 479 g/mol. The lowest BCUT2D eigenvalue weighted by Crippen LogP contribution is -2.47. The van der Waals surface area contributed by atoms with Gasteiger partial charge in [0.15, 0.2) is 0 Å². The summed E-state index contributed by atoms with van der Waals surface area (Å²) in [6.45, 7) is 2.45. The zero-order valence-electron chi connectivity index (χ0n) is 18.3. The first-order valence-corrected chi connectivity index (χ1v) is 13.0. The van der Waals surface area contributed by atoms with Gasteiger partial charge in [0, 0.05) is 25.7 Å². The molecule has 33 heavy (non-hydrogen) atoms. The zero-order valence-corrected chi connectivity index (χ0v) is 20.7. The second-order valence-corrected chi connectivity index (χ2v) is 10.7. The maximum absolute atomic E-state index is 13.8. The maximum Gasteiger partial charge on any atom is 0.264 e. The SMILES string of the molecule is COc1ccc(S(=O)(=O)N(c2ccc(Cl)c(Cl)c2)C2CCN(Cc3ccccc3)CC2)cc1. The second-order valence-electron chi connectivity index (χ2n) is 8.07. The summed E-state index contributed by atoms with van der Waals surface area (Å²) in [4.78, 5) is 2.57. The third-order valence-corrected chi connectivity index (χ3v) is 8.55. The number of ether oxygens (including phenoxy) is 1. The molecule has 0 unspecified atom stereocenters. The molecule has 0 aromatic heterocycles. The van der Waals surface area contributed by atoms with Crippen molar-refractivity contribution in [3.8, 4) is 5.75 Å². The van der Waals surface area contributed by atoms with E-state index in [1.807, 2.05) is 18.2 Å². The van der Waals surface area contributed by atoms with E-state index in [-0.39, 0.29) is 10.9 Å². The summed E-state index contributed by atoms with van der Waals surface area (Å²) in [6.07, 6.45) is 1.42. The van der Waals surface area contributed by atoms with Crippen LogP contribution < -0.4 is 9.04 Å². The van der Waals surface area contributed by atoms with Crippen LogP contribution >= 0.6 is 23.2 Å². The van der Waals surface area contributed by atoms with Gasteiger partial charge in [-0.15, -0.1) is 0 Å². The molecule has 1 aliphatic rings. The average molecular weight is 505 g/mol. The number of nitrogens with zero attached hydrogens (tertiary/aromatic N) is 2. The first-order valence-electron chi connectivity index (χ1n) is 10.8. The van der Waals surface area contributed by atoms with Crippen LogP contribution in [0.25, 0.3) is 0 Å². The molecule has 1 fully saturated rings. The highest BCUT2D eigenvalue weighted by Gasteiger charge is 2.34. The van der Waals surface area contributed by atoms with Gasteiger partial charge in [0.1, 0.15) is 5.75 Å². The van der Waals surface area contributed by atoms with Crippen LogP contribution in [0.1, 0.15) is 18.4 Å². The molecule has 4 rings (SSSR count). The molecule has 0 atom stereocenters. The van der Waals surface area contributed by atoms with Gasteiger partial charge >= 0.3 is 0 Å². The molecule has 0 spiro atoms. The molecule has 3 aromatic carbocycles. The predicted molar refractivity (Wildman–Crippen MR) is 134 cm³/mol. The molecular formula is C25H26Cl2N2O3S. The molecule has 1 heterocycles. The minimum Gasteiger partial charge on any atom is -0.497 e. The Kier molecular flexibility index (Phi) is 7.49. The maximum atomic E-state index is 13.8. The fourth-order valence-electron chi connectivity index (χ4n) is 4.18. The number of halogens is 2. The highest BCUT2D eigenvalue weighted by atomic mass is 35.5. The summed E-state index contributed by atoms with van der Waals surface area (Å²) in [5.74, 6) is 0.601. The van der Waals surface area contributed by atoms with Gasteiger partial charge in [0.2, 0.25) is 0 Å². The highest BCUT2D eigenvalue weighted by Crippen LogP contribution is 2.35. The van der Waals surface area contributed by atoms with Crippen molar-refractivity contribution in [2.24, 2.45) is 0 Å². The van der Waals surface area contributed by atoms with Crippen LogP contribution in [0, 0.1) is 0 Å². The Morgan fingerprint density at radius 3 is 2.21 bits per heavy atom. The number of benzene rings is 3. The van der Waals surface area contributed by atoms with Gasteiger partial charge in [-0.1, -0.05) is 53.5 Å². The molecule has 1 saturated heterocycles. The van der Waals surface area contributed by atoms with E-state index in [9.17, 15) is 8.42 Å². The number of anilines is 1. The Labute approximate surface area is 205 Å². The molecule has 174 valence electrons. The number of piperidine rings is 1. The van der Waals surface area contributed by atoms with Crippen LogP contribution in [0.4, 0.5) is 5.69 Å². The van der Waals surface area contributed by atoms with Crippen molar-refractivity contribution in [2.45, 2.75) is 30.3 Å². The van der Waals surface area contributed by atoms with Gasteiger partial charge in [0.05, 0.1) is 27.7 Å². The summed E-state index contributed by atoms with van der Waals surface area (Å²) in [5.41, 5.74) is 1.77. The molecule has 3 aromatic rings. The summed E-state index contributed by atoms with van der Waals surface area (Å²) in [6, 6.07) is 21.6. The molecule has 1 aliphatic heterocycles. The second kappa shape index (κ2) is 10.3. The first kappa shape index (κ1) is 23.9. The fourth-order valence-corrected chi connectivity index (χ4v) is 6.18. The van der Waals surface area contributed by atoms with Gasteiger partial charge in [-0.3, -0.25) is 9.21 Å². The molecule has 0 amide bonds. The topological polar surface area (TPSA) is 49.9 Å². The standard InChI is InChI=1S/C25H26Cl2N2O3S/c1-32-22-8-10-23(11-9-22)33(30,31)29(21-7-12-24(26)25(27)17-21)20-13-15-28(16-14-20)18-19-5-3-2-4-6-19/h2-12,17,20H,13-16,18H2,1H3. The molecule has 5 nitrogen and oxygen atoms in total. The van der Waals surface area contributed by atoms with E-state index >= 15 is 0 Å². The molecule has 0 bridgehead atoms. The van der Waals surface area contributed by atoms with Crippen LogP contribution in [0.2, 0.25) is 10.0 Å². The van der Waals surface area contributed by atoms with E-state index < -0.39 is 10.0 Å². The van der Waals surface area contributed by atoms with Crippen molar-refractivity contribution in [1.82, 2.24) is 4.90 Å². The van der Waals surface area contributed by atoms with Crippen LogP contribution in [0.3, 0.4) is 0 Å². The van der Waals surface area contributed by atoms with Crippen molar-refractivity contribution in [1.29, 1.82) is 0 Å². The summed E-state index contributed by atoms with van der Waals surface area (Å²) < 4.78 is 34.3. The quantitative estimate of drug-likeness (QED) is 0.404. The minimum absolute atomic E-state index is 0.193. The van der Waals surface area contributed by atoms with E-state index in [2.05, 4.69) is 17.0 Å². The van der Waals surface area contributed by atoms with E-state index in [4.69, 9.17) is 27.9 Å². The first-order chi connectivity index (χ1) is 15.9. The third kappa shape index (κ3) is 5.46. The Bertz CT molecular complexity index is 1180. The van der Waals surface area contributed by atoms with E-state index in [0.717, 1.165) is 19.6 Å². The molecule has 0 aliphatic carbocycles. The van der Waals surface area contributed by atoms with Gasteiger partial charge in [-0.25, -0.2) is 8.42 Å². The third-order valence-electron chi connectivity index (χ3n) is 5.91. The smallest absolute Gasteiger partial charge is 0.264 e. The van der Waals surface area contributed by atoms with Crippen LogP contribution in [-0.2, 0) is 16.6 Å². The van der Waals surface area contributed by atoms with Crippen molar-refractivity contribution in [3.05, 3.63) is 88.4 Å². The summed E-state index contributed by atoms with van der Waals surface area (Å²) in [5, 5.41) is 0.713. The Balaban J connectivity index is 1.61. The lowest BCUT2D eigenvalue weighted by molar-refractivity contribution is 0.206. The number of methoxy groups -OCH3 is 1. The molecule has 0 radical (unpaired) electrons. The van der Waals surface area contributed by atoms with Crippen molar-refractivity contribution in [3.63, 3.8) is 0 Å². The number of hydrogen-bond donors (Lipinski definition) is 0. The van der Waals surface area contributed by atoms with E-state index in [1.165, 1.54) is 9.87 Å². The lowest BCUT2D eigenvalue weighted by atomic mass is 10.0. The number of rotatable bonds is 7. The van der Waals surface area contributed by atoms with Gasteiger partial charge in [-0.2, -0.15) is 0 Å². The van der Waals surface area contributed by atoms with Gasteiger partial charge in [-0.05, 0) is 60.9 Å². The highest BCUT2D eigenvalue weighted by molar-refractivity contribution is 7.92. The minimum atomic E-state index is -3.83. The van der Waals surface area contributed by atoms with Crippen LogP contribution in [0.15, 0.2) is 77.7 Å². The normalized spacial score (nSPS) is 15.4. The molecule has 0 saturated carbocycles. The number of likely N-dealkylation sites (tertiary alicyclic amines) is 1. The predicted octanol–water partition coefficient (Wildman–Crippen LogP) is 5.86. The summed E-state index contributed by atoms with van der Waals surface area (Å²) >= 11 is 12.4.